The van der Waals surface area contributed by atoms with Crippen LogP contribution in [-0.4, -0.2) is 16.8 Å². The van der Waals surface area contributed by atoms with E-state index in [1.165, 1.54) is 6.07 Å². The minimum Gasteiger partial charge on any atom is -0.366 e. The van der Waals surface area contributed by atoms with Crippen molar-refractivity contribution < 1.29 is 4.39 Å². The lowest BCUT2D eigenvalue weighted by Gasteiger charge is -2.20. The maximum Gasteiger partial charge on any atom is 0.146 e. The van der Waals surface area contributed by atoms with E-state index in [9.17, 15) is 4.39 Å². The van der Waals surface area contributed by atoms with Gasteiger partial charge in [0.15, 0.2) is 0 Å². The summed E-state index contributed by atoms with van der Waals surface area (Å²) in [4.78, 5) is 1.89. The average molecular weight is 326 g/mol. The van der Waals surface area contributed by atoms with Crippen LogP contribution in [-0.2, 0) is 20.0 Å². The van der Waals surface area contributed by atoms with Gasteiger partial charge in [-0.15, -0.1) is 0 Å². The van der Waals surface area contributed by atoms with Crippen molar-refractivity contribution in [3.8, 4) is 0 Å². The topological polar surface area (TPSA) is 21.1 Å². The zero-order valence-electron chi connectivity index (χ0n) is 11.3. The van der Waals surface area contributed by atoms with Gasteiger partial charge in [-0.1, -0.05) is 19.1 Å². The third kappa shape index (κ3) is 2.81. The molecule has 1 aromatic heterocycles. The van der Waals surface area contributed by atoms with E-state index in [0.717, 1.165) is 22.3 Å². The van der Waals surface area contributed by atoms with Crippen LogP contribution < -0.4 is 4.90 Å². The summed E-state index contributed by atoms with van der Waals surface area (Å²) < 4.78 is 16.6. The maximum atomic E-state index is 13.7. The summed E-state index contributed by atoms with van der Waals surface area (Å²) in [5, 5.41) is 4.45. The van der Waals surface area contributed by atoms with Crippen molar-refractivity contribution in [3.05, 3.63) is 45.9 Å². The number of hydrogen-bond donors (Lipinski definition) is 0. The van der Waals surface area contributed by atoms with Crippen molar-refractivity contribution >= 4 is 21.6 Å². The van der Waals surface area contributed by atoms with Gasteiger partial charge in [0.2, 0.25) is 0 Å². The lowest BCUT2D eigenvalue weighted by atomic mass is 10.2. The van der Waals surface area contributed by atoms with Gasteiger partial charge < -0.3 is 4.90 Å². The molecular formula is C14H17BrFN3. The highest BCUT2D eigenvalue weighted by molar-refractivity contribution is 9.10. The van der Waals surface area contributed by atoms with Gasteiger partial charge in [-0.05, 0) is 34.5 Å². The number of halogens is 2. The van der Waals surface area contributed by atoms with Gasteiger partial charge in [0.25, 0.3) is 0 Å². The van der Waals surface area contributed by atoms with E-state index in [-0.39, 0.29) is 5.82 Å². The Balaban J connectivity index is 2.27. The largest absolute Gasteiger partial charge is 0.366 e. The van der Waals surface area contributed by atoms with Gasteiger partial charge in [0.05, 0.1) is 28.1 Å². The van der Waals surface area contributed by atoms with E-state index in [1.807, 2.05) is 29.7 Å². The molecule has 0 bridgehead atoms. The summed E-state index contributed by atoms with van der Waals surface area (Å²) in [6, 6.07) is 6.79. The summed E-state index contributed by atoms with van der Waals surface area (Å²) in [5.74, 6) is -0.209. The molecule has 2 rings (SSSR count). The van der Waals surface area contributed by atoms with Gasteiger partial charge in [-0.2, -0.15) is 5.10 Å². The molecule has 1 aromatic carbocycles. The Hall–Kier alpha value is -1.36. The predicted octanol–water partition coefficient (Wildman–Crippen LogP) is 3.52. The van der Waals surface area contributed by atoms with E-state index < -0.39 is 0 Å². The van der Waals surface area contributed by atoms with Gasteiger partial charge in [0, 0.05) is 14.1 Å². The molecule has 0 N–H and O–H groups in total. The molecule has 19 heavy (non-hydrogen) atoms. The summed E-state index contributed by atoms with van der Waals surface area (Å²) in [7, 11) is 3.79. The molecule has 0 atom stereocenters. The van der Waals surface area contributed by atoms with Crippen LogP contribution in [0.2, 0.25) is 0 Å². The van der Waals surface area contributed by atoms with Gasteiger partial charge >= 0.3 is 0 Å². The van der Waals surface area contributed by atoms with E-state index >= 15 is 0 Å². The standard InChI is InChI=1S/C14H17BrFN3/c1-4-11-14(15)13(19(3)17-11)9-18(2)12-8-6-5-7-10(12)16/h5-8H,4,9H2,1-3H3. The van der Waals surface area contributed by atoms with Crippen molar-refractivity contribution in [1.82, 2.24) is 9.78 Å². The molecule has 0 fully saturated rings. The van der Waals surface area contributed by atoms with Gasteiger partial charge in [-0.25, -0.2) is 4.39 Å². The number of anilines is 1. The van der Waals surface area contributed by atoms with Crippen LogP contribution in [0.5, 0.6) is 0 Å². The summed E-state index contributed by atoms with van der Waals surface area (Å²) in [5.41, 5.74) is 2.66. The second-order valence-corrected chi connectivity index (χ2v) is 5.29. The van der Waals surface area contributed by atoms with E-state index in [0.29, 0.717) is 12.2 Å². The number of rotatable bonds is 4. The molecule has 0 aliphatic heterocycles. The lowest BCUT2D eigenvalue weighted by molar-refractivity contribution is 0.618. The zero-order chi connectivity index (χ0) is 14.0. The molecule has 102 valence electrons. The minimum atomic E-state index is -0.209. The maximum absolute atomic E-state index is 13.7. The Morgan fingerprint density at radius 2 is 2.05 bits per heavy atom. The number of para-hydroxylation sites is 1. The molecule has 0 spiro atoms. The van der Waals surface area contributed by atoms with Crippen LogP contribution in [0.4, 0.5) is 10.1 Å². The van der Waals surface area contributed by atoms with E-state index in [4.69, 9.17) is 0 Å². The summed E-state index contributed by atoms with van der Waals surface area (Å²) in [6.07, 6.45) is 0.873. The number of hydrogen-bond acceptors (Lipinski definition) is 2. The molecule has 5 heteroatoms. The van der Waals surface area contributed by atoms with Crippen LogP contribution >= 0.6 is 15.9 Å². The van der Waals surface area contributed by atoms with Crippen LogP contribution in [0.1, 0.15) is 18.3 Å². The lowest BCUT2D eigenvalue weighted by Crippen LogP contribution is -2.19. The van der Waals surface area contributed by atoms with E-state index in [2.05, 4.69) is 28.0 Å². The molecule has 0 saturated carbocycles. The Bertz CT molecular complexity index is 580. The molecule has 3 nitrogen and oxygen atoms in total. The third-order valence-corrected chi connectivity index (χ3v) is 4.07. The first-order chi connectivity index (χ1) is 9.04. The SMILES string of the molecule is CCc1nn(C)c(CN(C)c2ccccc2F)c1Br. The first-order valence-corrected chi connectivity index (χ1v) is 6.99. The van der Waals surface area contributed by atoms with Crippen molar-refractivity contribution in [1.29, 1.82) is 0 Å². The fourth-order valence-corrected chi connectivity index (χ4v) is 2.80. The molecule has 0 radical (unpaired) electrons. The van der Waals surface area contributed by atoms with Crippen LogP contribution in [0.25, 0.3) is 0 Å². The van der Waals surface area contributed by atoms with Crippen molar-refractivity contribution in [3.63, 3.8) is 0 Å². The van der Waals surface area contributed by atoms with Crippen LogP contribution in [0, 0.1) is 5.82 Å². The molecule has 1 heterocycles. The second-order valence-electron chi connectivity index (χ2n) is 4.49. The number of aromatic nitrogens is 2. The van der Waals surface area contributed by atoms with Gasteiger partial charge in [0.1, 0.15) is 5.82 Å². The quantitative estimate of drug-likeness (QED) is 0.857. The normalized spacial score (nSPS) is 10.8. The third-order valence-electron chi connectivity index (χ3n) is 3.15. The predicted molar refractivity (Wildman–Crippen MR) is 78.8 cm³/mol. The highest BCUT2D eigenvalue weighted by Crippen LogP contribution is 2.25. The van der Waals surface area contributed by atoms with Crippen molar-refractivity contribution in [2.24, 2.45) is 7.05 Å². The van der Waals surface area contributed by atoms with Crippen LogP contribution in [0.15, 0.2) is 28.7 Å². The molecular weight excluding hydrogens is 309 g/mol. The van der Waals surface area contributed by atoms with E-state index in [1.54, 1.807) is 12.1 Å². The fraction of sp³-hybridized carbons (Fsp3) is 0.357. The Labute approximate surface area is 121 Å². The van der Waals surface area contributed by atoms with Crippen LogP contribution in [0.3, 0.4) is 0 Å². The number of benzene rings is 1. The first-order valence-electron chi connectivity index (χ1n) is 6.20. The zero-order valence-corrected chi connectivity index (χ0v) is 12.9. The molecule has 2 aromatic rings. The minimum absolute atomic E-state index is 0.209. The highest BCUT2D eigenvalue weighted by atomic mass is 79.9. The Morgan fingerprint density at radius 1 is 1.37 bits per heavy atom. The van der Waals surface area contributed by atoms with Gasteiger partial charge in [-0.3, -0.25) is 4.68 Å². The number of nitrogens with zero attached hydrogens (tertiary/aromatic N) is 3. The van der Waals surface area contributed by atoms with Crippen molar-refractivity contribution in [2.45, 2.75) is 19.9 Å². The van der Waals surface area contributed by atoms with Crippen molar-refractivity contribution in [2.75, 3.05) is 11.9 Å². The first kappa shape index (κ1) is 14.1. The monoisotopic (exact) mass is 325 g/mol. The molecule has 0 unspecified atom stereocenters. The fourth-order valence-electron chi connectivity index (χ4n) is 2.06. The summed E-state index contributed by atoms with van der Waals surface area (Å²) in [6.45, 7) is 2.67. The second kappa shape index (κ2) is 5.74. The highest BCUT2D eigenvalue weighted by Gasteiger charge is 2.15. The smallest absolute Gasteiger partial charge is 0.146 e. The summed E-state index contributed by atoms with van der Waals surface area (Å²) >= 11 is 3.58. The molecule has 0 amide bonds. The molecule has 0 saturated heterocycles. The Morgan fingerprint density at radius 3 is 2.63 bits per heavy atom. The Kier molecular flexibility index (Phi) is 4.24. The molecule has 0 aliphatic rings. The average Bonchev–Trinajstić information content (AvgIpc) is 2.66. The molecule has 0 aliphatic carbocycles. The number of aryl methyl sites for hydroxylation is 2.